The Balaban J connectivity index is 1.26. The molecule has 206 valence electrons. The van der Waals surface area contributed by atoms with Gasteiger partial charge in [0.1, 0.15) is 34.5 Å². The number of rotatable bonds is 10. The molecule has 2 aromatic carbocycles. The van der Waals surface area contributed by atoms with Crippen LogP contribution in [-0.2, 0) is 3.07 Å². The van der Waals surface area contributed by atoms with Gasteiger partial charge in [0.2, 0.25) is 0 Å². The average Bonchev–Trinajstić information content (AvgIpc) is 3.43. The van der Waals surface area contributed by atoms with Crippen LogP contribution in [-0.4, -0.2) is 64.9 Å². The molecular weight excluding hydrogens is 642 g/mol. The van der Waals surface area contributed by atoms with Gasteiger partial charge in [0.25, 0.3) is 17.7 Å². The van der Waals surface area contributed by atoms with E-state index in [1.54, 1.807) is 24.3 Å². The van der Waals surface area contributed by atoms with Crippen LogP contribution in [0.15, 0.2) is 48.8 Å². The summed E-state index contributed by atoms with van der Waals surface area (Å²) in [6.45, 7) is 3.21. The molecule has 0 saturated carbocycles. The van der Waals surface area contributed by atoms with Crippen LogP contribution in [0.25, 0.3) is 0 Å². The number of amides is 3. The normalized spacial score (nSPS) is 15.5. The minimum Gasteiger partial charge on any atom is -0.351 e. The van der Waals surface area contributed by atoms with Gasteiger partial charge in [-0.05, 0) is 74.8 Å². The summed E-state index contributed by atoms with van der Waals surface area (Å²) in [5.41, 5.74) is 1.05. The Labute approximate surface area is 243 Å². The van der Waals surface area contributed by atoms with E-state index in [0.29, 0.717) is 17.9 Å². The smallest absolute Gasteiger partial charge is 0.276 e. The van der Waals surface area contributed by atoms with Crippen LogP contribution in [0.1, 0.15) is 50.6 Å². The van der Waals surface area contributed by atoms with E-state index in [1.165, 1.54) is 12.4 Å². The monoisotopic (exact) mass is 668 g/mol. The minimum absolute atomic E-state index is 0.00262. The lowest BCUT2D eigenvalue weighted by Crippen LogP contribution is -2.40. The van der Waals surface area contributed by atoms with Gasteiger partial charge < -0.3 is 28.9 Å². The Morgan fingerprint density at radius 1 is 1.10 bits per heavy atom. The van der Waals surface area contributed by atoms with Gasteiger partial charge in [0.15, 0.2) is 5.69 Å². The first kappa shape index (κ1) is 28.9. The number of carbonyl (C=O) groups is 3. The van der Waals surface area contributed by atoms with Crippen molar-refractivity contribution in [3.8, 4) is 0 Å². The molecule has 4 rings (SSSR count). The predicted molar refractivity (Wildman–Crippen MR) is 154 cm³/mol. The maximum absolute atomic E-state index is 13.2. The molecule has 0 radical (unpaired) electrons. The standard InChI is InChI=1S/C26H27ClFIN6O4/c27-21-13-16(28)4-9-20(21)24(36)33-17-5-7-18(8-6-17)34-26(38)23-22(31-15-32-23)25(37)30-10-2-12-35-11-1-3-19(14-35)39-29/h4-9,13,15,19H,1-3,10-12,14H2,(H,30,37)(H,31,32)(H,33,36)(H,34,38). The van der Waals surface area contributed by atoms with Gasteiger partial charge in [-0.25, -0.2) is 9.37 Å². The number of halogens is 3. The van der Waals surface area contributed by atoms with Crippen LogP contribution in [0.5, 0.6) is 0 Å². The van der Waals surface area contributed by atoms with Gasteiger partial charge in [-0.1, -0.05) is 11.6 Å². The average molecular weight is 669 g/mol. The quantitative estimate of drug-likeness (QED) is 0.184. The number of H-pyrrole nitrogens is 1. The second-order valence-corrected chi connectivity index (χ2v) is 9.92. The molecule has 10 nitrogen and oxygen atoms in total. The molecule has 39 heavy (non-hydrogen) atoms. The summed E-state index contributed by atoms with van der Waals surface area (Å²) in [5, 5.41) is 8.19. The fourth-order valence-corrected chi connectivity index (χ4v) is 4.89. The van der Waals surface area contributed by atoms with E-state index in [4.69, 9.17) is 14.7 Å². The Kier molecular flexibility index (Phi) is 10.3. The Morgan fingerprint density at radius 3 is 2.51 bits per heavy atom. The zero-order valence-electron chi connectivity index (χ0n) is 20.8. The molecular formula is C26H27ClFIN6O4. The van der Waals surface area contributed by atoms with Crippen molar-refractivity contribution in [2.24, 2.45) is 0 Å². The zero-order chi connectivity index (χ0) is 27.8. The second-order valence-electron chi connectivity index (χ2n) is 9.00. The van der Waals surface area contributed by atoms with Crippen molar-refractivity contribution < 1.29 is 21.8 Å². The number of hydrogen-bond acceptors (Lipinski definition) is 6. The fraction of sp³-hybridized carbons (Fsp3) is 0.308. The van der Waals surface area contributed by atoms with Crippen molar-refractivity contribution in [1.82, 2.24) is 20.2 Å². The van der Waals surface area contributed by atoms with E-state index in [9.17, 15) is 18.8 Å². The van der Waals surface area contributed by atoms with Crippen LogP contribution in [0.4, 0.5) is 15.8 Å². The van der Waals surface area contributed by atoms with E-state index in [0.717, 1.165) is 51.0 Å². The summed E-state index contributed by atoms with van der Waals surface area (Å²) in [5.74, 6) is -2.02. The fourth-order valence-electron chi connectivity index (χ4n) is 4.22. The number of hydrogen-bond donors (Lipinski definition) is 4. The number of nitrogens with zero attached hydrogens (tertiary/aromatic N) is 2. The first-order valence-corrected chi connectivity index (χ1v) is 13.6. The van der Waals surface area contributed by atoms with Crippen molar-refractivity contribution in [1.29, 1.82) is 0 Å². The number of piperidine rings is 1. The summed E-state index contributed by atoms with van der Waals surface area (Å²) >= 11 is 7.89. The lowest BCUT2D eigenvalue weighted by molar-refractivity contribution is 0.0928. The molecule has 3 amide bonds. The van der Waals surface area contributed by atoms with Crippen LogP contribution in [0, 0.1) is 5.82 Å². The van der Waals surface area contributed by atoms with E-state index in [2.05, 4.69) is 30.8 Å². The Hall–Kier alpha value is -3.07. The molecule has 1 aliphatic heterocycles. The number of imidazole rings is 1. The highest BCUT2D eigenvalue weighted by molar-refractivity contribution is 14.1. The van der Waals surface area contributed by atoms with Crippen molar-refractivity contribution in [3.05, 3.63) is 76.6 Å². The molecule has 1 unspecified atom stereocenters. The van der Waals surface area contributed by atoms with E-state index >= 15 is 0 Å². The summed E-state index contributed by atoms with van der Waals surface area (Å²) in [4.78, 5) is 47.0. The van der Waals surface area contributed by atoms with Crippen LogP contribution < -0.4 is 16.0 Å². The largest absolute Gasteiger partial charge is 0.351 e. The maximum Gasteiger partial charge on any atom is 0.276 e. The molecule has 3 aromatic rings. The third-order valence-corrected chi connectivity index (χ3v) is 7.21. The third kappa shape index (κ3) is 7.97. The third-order valence-electron chi connectivity index (χ3n) is 6.18. The summed E-state index contributed by atoms with van der Waals surface area (Å²) in [6, 6.07) is 9.84. The van der Waals surface area contributed by atoms with Crippen LogP contribution in [0.3, 0.4) is 0 Å². The van der Waals surface area contributed by atoms with Crippen molar-refractivity contribution in [2.45, 2.75) is 25.4 Å². The number of nitrogens with one attached hydrogen (secondary N) is 4. The Bertz CT molecular complexity index is 1320. The SMILES string of the molecule is O=C(Nc1ccc(NC(=O)c2nc[nH]c2C(=O)NCCCN2CCCC(OI)C2)cc1)c1ccc(F)cc1Cl. The molecule has 1 saturated heterocycles. The van der Waals surface area contributed by atoms with Gasteiger partial charge in [0, 0.05) is 24.5 Å². The summed E-state index contributed by atoms with van der Waals surface area (Å²) < 4.78 is 18.6. The number of likely N-dealkylation sites (tertiary alicyclic amines) is 1. The van der Waals surface area contributed by atoms with Gasteiger partial charge in [0.05, 0.1) is 23.0 Å². The second kappa shape index (κ2) is 13.8. The van der Waals surface area contributed by atoms with Crippen molar-refractivity contribution >= 4 is 63.7 Å². The Morgan fingerprint density at radius 2 is 1.82 bits per heavy atom. The number of aromatic amines is 1. The molecule has 4 N–H and O–H groups in total. The highest BCUT2D eigenvalue weighted by atomic mass is 127. The molecule has 0 bridgehead atoms. The van der Waals surface area contributed by atoms with Gasteiger partial charge in [-0.3, -0.25) is 14.4 Å². The van der Waals surface area contributed by atoms with Crippen molar-refractivity contribution in [3.63, 3.8) is 0 Å². The number of aromatic nitrogens is 2. The topological polar surface area (TPSA) is 128 Å². The summed E-state index contributed by atoms with van der Waals surface area (Å²) in [7, 11) is 0. The lowest BCUT2D eigenvalue weighted by Gasteiger charge is -2.31. The summed E-state index contributed by atoms with van der Waals surface area (Å²) in [6.07, 6.45) is 4.46. The molecule has 0 spiro atoms. The van der Waals surface area contributed by atoms with Gasteiger partial charge in [-0.2, -0.15) is 0 Å². The van der Waals surface area contributed by atoms with Crippen LogP contribution in [0.2, 0.25) is 5.02 Å². The molecule has 0 aliphatic carbocycles. The van der Waals surface area contributed by atoms with E-state index < -0.39 is 23.5 Å². The number of benzene rings is 2. The molecule has 13 heteroatoms. The zero-order valence-corrected chi connectivity index (χ0v) is 23.7. The van der Waals surface area contributed by atoms with Gasteiger partial charge in [-0.15, -0.1) is 0 Å². The van der Waals surface area contributed by atoms with Crippen molar-refractivity contribution in [2.75, 3.05) is 36.8 Å². The molecule has 1 aliphatic rings. The van der Waals surface area contributed by atoms with Gasteiger partial charge >= 0.3 is 0 Å². The van der Waals surface area contributed by atoms with E-state index in [-0.39, 0.29) is 28.1 Å². The van der Waals surface area contributed by atoms with Crippen LogP contribution >= 0.6 is 34.6 Å². The number of anilines is 2. The highest BCUT2D eigenvalue weighted by Gasteiger charge is 2.22. The molecule has 1 atom stereocenters. The first-order chi connectivity index (χ1) is 18.8. The lowest BCUT2D eigenvalue weighted by atomic mass is 10.1. The highest BCUT2D eigenvalue weighted by Crippen LogP contribution is 2.21. The number of carbonyl (C=O) groups excluding carboxylic acids is 3. The maximum atomic E-state index is 13.2. The molecule has 1 aromatic heterocycles. The first-order valence-electron chi connectivity index (χ1n) is 12.3. The molecule has 2 heterocycles. The molecule has 1 fully saturated rings. The van der Waals surface area contributed by atoms with E-state index in [1.807, 2.05) is 23.0 Å². The predicted octanol–water partition coefficient (Wildman–Crippen LogP) is 4.66. The minimum atomic E-state index is -0.561.